The number of rotatable bonds is 4. The van der Waals surface area contributed by atoms with Crippen LogP contribution in [-0.4, -0.2) is 21.0 Å². The monoisotopic (exact) mass is 348 g/mol. The van der Waals surface area contributed by atoms with Crippen LogP contribution in [0, 0.1) is 6.92 Å². The fraction of sp³-hybridized carbons (Fsp3) is 0.333. The van der Waals surface area contributed by atoms with Gasteiger partial charge in [0.2, 0.25) is 5.91 Å². The molecule has 3 aromatic heterocycles. The molecule has 0 atom stereocenters. The van der Waals surface area contributed by atoms with Crippen LogP contribution in [0.25, 0.3) is 21.3 Å². The largest absolute Gasteiger partial charge is 0.344 e. The number of nitrogens with one attached hydrogen (secondary N) is 1. The molecule has 0 spiro atoms. The molecule has 0 aromatic carbocycles. The molecular formula is C15H16N4O2S2. The number of amides is 1. The second-order valence-corrected chi connectivity index (χ2v) is 7.45. The fourth-order valence-electron chi connectivity index (χ4n) is 2.17. The molecule has 120 valence electrons. The molecule has 0 aliphatic carbocycles. The summed E-state index contributed by atoms with van der Waals surface area (Å²) < 4.78 is 5.39. The molecule has 3 aromatic rings. The highest BCUT2D eigenvalue weighted by Gasteiger charge is 2.28. The Bertz CT molecular complexity index is 834. The van der Waals surface area contributed by atoms with Gasteiger partial charge in [-0.3, -0.25) is 4.79 Å². The third-order valence-corrected chi connectivity index (χ3v) is 5.11. The molecule has 0 bridgehead atoms. The molecule has 8 heteroatoms. The predicted molar refractivity (Wildman–Crippen MR) is 90.3 cm³/mol. The van der Waals surface area contributed by atoms with E-state index in [0.717, 1.165) is 21.1 Å². The molecular weight excluding hydrogens is 332 g/mol. The van der Waals surface area contributed by atoms with Gasteiger partial charge < -0.3 is 9.84 Å². The molecule has 0 saturated carbocycles. The lowest BCUT2D eigenvalue weighted by atomic mass is 10.1. The third kappa shape index (κ3) is 3.18. The van der Waals surface area contributed by atoms with Crippen molar-refractivity contribution in [2.75, 3.05) is 0 Å². The van der Waals surface area contributed by atoms with Crippen LogP contribution in [0.2, 0.25) is 0 Å². The summed E-state index contributed by atoms with van der Waals surface area (Å²) in [6.07, 6.45) is 0. The maximum Gasteiger partial charge on any atom is 0.270 e. The van der Waals surface area contributed by atoms with Crippen molar-refractivity contribution in [1.29, 1.82) is 0 Å². The molecule has 0 aliphatic rings. The Labute approximate surface area is 141 Å². The number of aromatic nitrogens is 3. The average Bonchev–Trinajstić information content (AvgIpc) is 3.17. The van der Waals surface area contributed by atoms with Crippen LogP contribution in [0.1, 0.15) is 32.3 Å². The number of thiophene rings is 1. The minimum absolute atomic E-state index is 0.143. The van der Waals surface area contributed by atoms with Crippen molar-refractivity contribution in [3.05, 3.63) is 28.3 Å². The molecule has 6 nitrogen and oxygen atoms in total. The van der Waals surface area contributed by atoms with E-state index in [9.17, 15) is 4.79 Å². The van der Waals surface area contributed by atoms with Gasteiger partial charge in [0, 0.05) is 17.9 Å². The Balaban J connectivity index is 1.93. The number of thiazole rings is 1. The highest BCUT2D eigenvalue weighted by atomic mass is 32.1. The standard InChI is InChI=1S/C15H16N4O2S2/c1-8-11(23-13(16-8)10-5-6-22-7-10)12-17-14(19-21-12)15(3,4)18-9(2)20/h5-7H,1-4H3,(H,18,20). The zero-order chi connectivity index (χ0) is 16.6. The summed E-state index contributed by atoms with van der Waals surface area (Å²) in [5.41, 5.74) is 1.25. The van der Waals surface area contributed by atoms with Gasteiger partial charge >= 0.3 is 0 Å². The van der Waals surface area contributed by atoms with E-state index in [0.29, 0.717) is 11.7 Å². The van der Waals surface area contributed by atoms with Gasteiger partial charge in [0.05, 0.1) is 11.2 Å². The maximum absolute atomic E-state index is 11.3. The summed E-state index contributed by atoms with van der Waals surface area (Å²) in [6.45, 7) is 7.05. The normalized spacial score (nSPS) is 11.7. The Morgan fingerprint density at radius 1 is 1.35 bits per heavy atom. The molecule has 0 aliphatic heterocycles. The van der Waals surface area contributed by atoms with E-state index in [1.807, 2.05) is 32.2 Å². The zero-order valence-corrected chi connectivity index (χ0v) is 14.8. The number of nitrogens with zero attached hydrogens (tertiary/aromatic N) is 3. The minimum atomic E-state index is -0.692. The van der Waals surface area contributed by atoms with Gasteiger partial charge in [-0.2, -0.15) is 16.3 Å². The zero-order valence-electron chi connectivity index (χ0n) is 13.2. The molecule has 1 amide bonds. The molecule has 0 radical (unpaired) electrons. The van der Waals surface area contributed by atoms with Crippen molar-refractivity contribution in [2.24, 2.45) is 0 Å². The number of hydrogen-bond acceptors (Lipinski definition) is 7. The van der Waals surface area contributed by atoms with Gasteiger partial charge in [-0.15, -0.1) is 11.3 Å². The topological polar surface area (TPSA) is 80.9 Å². The van der Waals surface area contributed by atoms with E-state index in [-0.39, 0.29) is 5.91 Å². The Morgan fingerprint density at radius 2 is 2.13 bits per heavy atom. The van der Waals surface area contributed by atoms with Crippen molar-refractivity contribution in [1.82, 2.24) is 20.4 Å². The highest BCUT2D eigenvalue weighted by molar-refractivity contribution is 7.18. The fourth-order valence-corrected chi connectivity index (χ4v) is 3.87. The van der Waals surface area contributed by atoms with Gasteiger partial charge in [-0.05, 0) is 32.2 Å². The molecule has 23 heavy (non-hydrogen) atoms. The second-order valence-electron chi connectivity index (χ2n) is 5.67. The van der Waals surface area contributed by atoms with Gasteiger partial charge in [0.25, 0.3) is 5.89 Å². The first-order chi connectivity index (χ1) is 10.9. The summed E-state index contributed by atoms with van der Waals surface area (Å²) in [4.78, 5) is 21.2. The average molecular weight is 348 g/mol. The van der Waals surface area contributed by atoms with Crippen molar-refractivity contribution < 1.29 is 9.32 Å². The molecule has 0 fully saturated rings. The number of aryl methyl sites for hydroxylation is 1. The Hall–Kier alpha value is -2.06. The number of carbonyl (C=O) groups excluding carboxylic acids is 1. The Morgan fingerprint density at radius 3 is 2.78 bits per heavy atom. The first-order valence-corrected chi connectivity index (χ1v) is 8.76. The van der Waals surface area contributed by atoms with E-state index in [4.69, 9.17) is 4.52 Å². The van der Waals surface area contributed by atoms with E-state index in [1.165, 1.54) is 18.3 Å². The lowest BCUT2D eigenvalue weighted by molar-refractivity contribution is -0.120. The molecule has 3 rings (SSSR count). The summed E-state index contributed by atoms with van der Waals surface area (Å²) in [5, 5.41) is 11.8. The van der Waals surface area contributed by atoms with Crippen LogP contribution >= 0.6 is 22.7 Å². The van der Waals surface area contributed by atoms with Crippen LogP contribution in [0.5, 0.6) is 0 Å². The summed E-state index contributed by atoms with van der Waals surface area (Å²) >= 11 is 3.15. The highest BCUT2D eigenvalue weighted by Crippen LogP contribution is 2.35. The first kappa shape index (κ1) is 15.8. The molecule has 0 saturated heterocycles. The van der Waals surface area contributed by atoms with Crippen molar-refractivity contribution in [3.8, 4) is 21.3 Å². The van der Waals surface area contributed by atoms with Gasteiger partial charge in [-0.1, -0.05) is 5.16 Å². The quantitative estimate of drug-likeness (QED) is 0.779. The predicted octanol–water partition coefficient (Wildman–Crippen LogP) is 3.60. The Kier molecular flexibility index (Phi) is 4.03. The summed E-state index contributed by atoms with van der Waals surface area (Å²) in [6, 6.07) is 2.03. The van der Waals surface area contributed by atoms with E-state index >= 15 is 0 Å². The number of hydrogen-bond donors (Lipinski definition) is 1. The minimum Gasteiger partial charge on any atom is -0.344 e. The van der Waals surface area contributed by atoms with Gasteiger partial charge in [0.1, 0.15) is 9.88 Å². The molecule has 1 N–H and O–H groups in total. The third-order valence-electron chi connectivity index (χ3n) is 3.23. The van der Waals surface area contributed by atoms with Crippen LogP contribution in [0.3, 0.4) is 0 Å². The van der Waals surface area contributed by atoms with Gasteiger partial charge in [-0.25, -0.2) is 4.98 Å². The van der Waals surface area contributed by atoms with Crippen molar-refractivity contribution >= 4 is 28.6 Å². The van der Waals surface area contributed by atoms with E-state index in [1.54, 1.807) is 11.3 Å². The SMILES string of the molecule is CC(=O)NC(C)(C)c1noc(-c2sc(-c3ccsc3)nc2C)n1. The number of carbonyl (C=O) groups is 1. The van der Waals surface area contributed by atoms with Crippen molar-refractivity contribution in [3.63, 3.8) is 0 Å². The van der Waals surface area contributed by atoms with Crippen LogP contribution in [0.15, 0.2) is 21.3 Å². The maximum atomic E-state index is 11.3. The van der Waals surface area contributed by atoms with Crippen molar-refractivity contribution in [2.45, 2.75) is 33.2 Å². The van der Waals surface area contributed by atoms with E-state index in [2.05, 4.69) is 25.8 Å². The lowest BCUT2D eigenvalue weighted by Crippen LogP contribution is -2.40. The molecule has 0 unspecified atom stereocenters. The van der Waals surface area contributed by atoms with E-state index < -0.39 is 5.54 Å². The van der Waals surface area contributed by atoms with Crippen LogP contribution < -0.4 is 5.32 Å². The lowest BCUT2D eigenvalue weighted by Gasteiger charge is -2.20. The second kappa shape index (κ2) is 5.86. The first-order valence-electron chi connectivity index (χ1n) is 7.00. The smallest absolute Gasteiger partial charge is 0.270 e. The summed E-state index contributed by atoms with van der Waals surface area (Å²) in [7, 11) is 0. The molecule has 3 heterocycles. The van der Waals surface area contributed by atoms with Gasteiger partial charge in [0.15, 0.2) is 5.82 Å². The van der Waals surface area contributed by atoms with Crippen LogP contribution in [-0.2, 0) is 10.3 Å². The summed E-state index contributed by atoms with van der Waals surface area (Å²) in [5.74, 6) is 0.720. The van der Waals surface area contributed by atoms with Crippen LogP contribution in [0.4, 0.5) is 0 Å².